The molecule has 6 aliphatic rings. The number of esters is 1. The van der Waals surface area contributed by atoms with Crippen LogP contribution in [-0.2, 0) is 33.3 Å². The minimum Gasteiger partial charge on any atom is -0.457 e. The molecule has 0 unspecified atom stereocenters. The number of carbonyl (C=O) groups excluding carboxylic acids is 2. The lowest BCUT2D eigenvalue weighted by atomic mass is 9.46. The molecule has 0 radical (unpaired) electrons. The molecule has 10 atom stereocenters. The second kappa shape index (κ2) is 9.76. The highest BCUT2D eigenvalue weighted by atomic mass is 32.2. The summed E-state index contributed by atoms with van der Waals surface area (Å²) in [7, 11) is 0. The molecule has 2 aromatic carbocycles. The van der Waals surface area contributed by atoms with Gasteiger partial charge in [-0.1, -0.05) is 81.4 Å². The second-order valence-electron chi connectivity index (χ2n) is 14.3. The summed E-state index contributed by atoms with van der Waals surface area (Å²) < 4.78 is 34.8. The van der Waals surface area contributed by atoms with E-state index in [1.54, 1.807) is 0 Å². The number of benzene rings is 2. The third kappa shape index (κ3) is 3.72. The minimum absolute atomic E-state index is 0.0348. The molecule has 3 aliphatic heterocycles. The van der Waals surface area contributed by atoms with Crippen LogP contribution in [0.2, 0.25) is 0 Å². The second-order valence-corrected chi connectivity index (χ2v) is 15.5. The van der Waals surface area contributed by atoms with Gasteiger partial charge in [0.15, 0.2) is 18.4 Å². The summed E-state index contributed by atoms with van der Waals surface area (Å²) in [6.07, 6.45) is -0.771. The predicted octanol–water partition coefficient (Wildman–Crippen LogP) is 6.48. The van der Waals surface area contributed by atoms with E-state index in [0.717, 1.165) is 35.1 Å². The van der Waals surface area contributed by atoms with Crippen molar-refractivity contribution in [3.8, 4) is 0 Å². The quantitative estimate of drug-likeness (QED) is 0.363. The highest BCUT2D eigenvalue weighted by Gasteiger charge is 2.78. The highest BCUT2D eigenvalue weighted by Crippen LogP contribution is 2.71. The Bertz CT molecular complexity index is 1540. The molecule has 44 heavy (non-hydrogen) atoms. The molecule has 7 nitrogen and oxygen atoms in total. The Kier molecular flexibility index (Phi) is 6.42. The number of allylic oxidation sites excluding steroid dienone is 1. The fourth-order valence-electron chi connectivity index (χ4n) is 9.70. The van der Waals surface area contributed by atoms with E-state index in [1.165, 1.54) is 6.92 Å². The smallest absolute Gasteiger partial charge is 0.303 e. The van der Waals surface area contributed by atoms with E-state index < -0.39 is 52.9 Å². The van der Waals surface area contributed by atoms with Gasteiger partial charge >= 0.3 is 5.97 Å². The summed E-state index contributed by atoms with van der Waals surface area (Å²) in [6.45, 7) is 10.1. The van der Waals surface area contributed by atoms with Crippen molar-refractivity contribution in [2.24, 2.45) is 16.7 Å². The van der Waals surface area contributed by atoms with Crippen molar-refractivity contribution in [3.63, 3.8) is 0 Å². The molecule has 0 amide bonds. The Balaban J connectivity index is 1.38. The van der Waals surface area contributed by atoms with E-state index in [2.05, 4.69) is 20.8 Å². The molecule has 3 heterocycles. The number of hydrogen-bond acceptors (Lipinski definition) is 8. The molecule has 2 aromatic rings. The van der Waals surface area contributed by atoms with Crippen LogP contribution in [0.15, 0.2) is 71.8 Å². The van der Waals surface area contributed by atoms with E-state index >= 15 is 0 Å². The third-order valence-electron chi connectivity index (χ3n) is 11.8. The zero-order chi connectivity index (χ0) is 30.6. The van der Waals surface area contributed by atoms with Crippen LogP contribution in [0.4, 0.5) is 0 Å². The van der Waals surface area contributed by atoms with E-state index in [0.29, 0.717) is 5.75 Å². The first-order valence-electron chi connectivity index (χ1n) is 15.8. The number of thioether (sulfide) groups is 1. The van der Waals surface area contributed by atoms with Crippen molar-refractivity contribution in [1.82, 2.24) is 0 Å². The SMILES string of the molecule is CC(=O)O[C@@]12CS[C@@H]1CC[C@@]1(C)[C@H]3O[C@H](c4ccccc4)O[C@@H]3C3=C(C)C(=O)C[C@]4(O[C@@H](c5ccccc5)O[C@H]4[C@@H]12)C3(C)C. The summed E-state index contributed by atoms with van der Waals surface area (Å²) in [5, 5.41) is 0.130. The summed E-state index contributed by atoms with van der Waals surface area (Å²) in [4.78, 5) is 27.0. The fourth-order valence-corrected chi connectivity index (χ4v) is 11.2. The lowest BCUT2D eigenvalue weighted by Crippen LogP contribution is -2.76. The van der Waals surface area contributed by atoms with Crippen LogP contribution in [-0.4, -0.2) is 52.3 Å². The molecule has 232 valence electrons. The number of rotatable bonds is 3. The average molecular weight is 617 g/mol. The summed E-state index contributed by atoms with van der Waals surface area (Å²) in [5.74, 6) is 0.102. The topological polar surface area (TPSA) is 80.3 Å². The van der Waals surface area contributed by atoms with Gasteiger partial charge in [0.25, 0.3) is 0 Å². The molecule has 8 heteroatoms. The maximum atomic E-state index is 14.2. The third-order valence-corrected chi connectivity index (χ3v) is 13.4. The van der Waals surface area contributed by atoms with Crippen LogP contribution in [0.1, 0.15) is 77.6 Å². The van der Waals surface area contributed by atoms with Crippen LogP contribution in [0.5, 0.6) is 0 Å². The standard InChI is InChI=1S/C36H40O7S/c1-20-24(38)18-36-30(41-32(43-36)23-14-10-7-11-15-23)28-34(5,17-16-25-35(28,19-44-25)42-21(2)37)29-27(26(20)33(36,3)4)39-31(40-29)22-12-8-6-9-13-22/h6-15,25,27-32H,16-19H2,1-5H3/t25-,27-,28+,29+,30+,31-,32+,34-,35+,36-/m1/s1. The van der Waals surface area contributed by atoms with Crippen LogP contribution in [0.25, 0.3) is 0 Å². The Morgan fingerprint density at radius 3 is 2.16 bits per heavy atom. The molecular weight excluding hydrogens is 576 g/mol. The predicted molar refractivity (Wildman–Crippen MR) is 164 cm³/mol. The Hall–Kier alpha value is -2.49. The molecule has 8 rings (SSSR count). The number of carbonyl (C=O) groups is 2. The van der Waals surface area contributed by atoms with E-state index in [-0.39, 0.29) is 29.3 Å². The molecular formula is C36H40O7S. The van der Waals surface area contributed by atoms with Crippen LogP contribution in [0.3, 0.4) is 0 Å². The van der Waals surface area contributed by atoms with Crippen molar-refractivity contribution in [2.75, 3.05) is 5.75 Å². The number of ketones is 1. The van der Waals surface area contributed by atoms with Gasteiger partial charge in [0.2, 0.25) is 0 Å². The van der Waals surface area contributed by atoms with Gasteiger partial charge in [-0.3, -0.25) is 9.59 Å². The van der Waals surface area contributed by atoms with Gasteiger partial charge < -0.3 is 23.7 Å². The fraction of sp³-hybridized carbons (Fsp3) is 0.556. The Morgan fingerprint density at radius 1 is 0.909 bits per heavy atom. The first kappa shape index (κ1) is 28.9. The molecule has 0 N–H and O–H groups in total. The lowest BCUT2D eigenvalue weighted by Gasteiger charge is -2.67. The Labute approximate surface area is 263 Å². The number of hydrogen-bond donors (Lipinski definition) is 0. The molecule has 2 bridgehead atoms. The van der Waals surface area contributed by atoms with Gasteiger partial charge in [-0.15, -0.1) is 0 Å². The van der Waals surface area contributed by atoms with Crippen LogP contribution in [0, 0.1) is 16.7 Å². The average Bonchev–Trinajstić information content (AvgIpc) is 3.59. The molecule has 5 fully saturated rings. The summed E-state index contributed by atoms with van der Waals surface area (Å²) >= 11 is 1.85. The summed E-state index contributed by atoms with van der Waals surface area (Å²) in [6, 6.07) is 20.0. The largest absolute Gasteiger partial charge is 0.457 e. The van der Waals surface area contributed by atoms with Gasteiger partial charge in [0.1, 0.15) is 17.3 Å². The van der Waals surface area contributed by atoms with Gasteiger partial charge in [-0.25, -0.2) is 0 Å². The van der Waals surface area contributed by atoms with Crippen LogP contribution < -0.4 is 0 Å². The van der Waals surface area contributed by atoms with E-state index in [1.807, 2.05) is 79.3 Å². The zero-order valence-electron chi connectivity index (χ0n) is 25.9. The maximum absolute atomic E-state index is 14.2. The lowest BCUT2D eigenvalue weighted by molar-refractivity contribution is -0.229. The first-order valence-corrected chi connectivity index (χ1v) is 16.9. The van der Waals surface area contributed by atoms with E-state index in [9.17, 15) is 9.59 Å². The molecule has 1 spiro atoms. The summed E-state index contributed by atoms with van der Waals surface area (Å²) in [5.41, 5.74) is 0.524. The maximum Gasteiger partial charge on any atom is 0.303 e. The minimum atomic E-state index is -1.01. The Morgan fingerprint density at radius 2 is 1.55 bits per heavy atom. The molecule has 3 aliphatic carbocycles. The highest BCUT2D eigenvalue weighted by molar-refractivity contribution is 8.01. The van der Waals surface area contributed by atoms with Crippen molar-refractivity contribution in [2.45, 2.75) is 101 Å². The number of fused-ring (bicyclic) bond motifs is 8. The number of ether oxygens (including phenoxy) is 5. The van der Waals surface area contributed by atoms with Gasteiger partial charge in [0.05, 0.1) is 12.2 Å². The van der Waals surface area contributed by atoms with Crippen molar-refractivity contribution in [1.29, 1.82) is 0 Å². The van der Waals surface area contributed by atoms with Crippen molar-refractivity contribution < 1.29 is 33.3 Å². The molecule has 2 saturated carbocycles. The normalized spacial score (nSPS) is 43.5. The van der Waals surface area contributed by atoms with Crippen LogP contribution >= 0.6 is 11.8 Å². The monoisotopic (exact) mass is 616 g/mol. The number of Topliss-reactive ketones (excluding diaryl/α,β-unsaturated/α-hetero) is 1. The van der Waals surface area contributed by atoms with Gasteiger partial charge in [0, 0.05) is 52.2 Å². The van der Waals surface area contributed by atoms with Crippen molar-refractivity contribution in [3.05, 3.63) is 82.9 Å². The van der Waals surface area contributed by atoms with Crippen molar-refractivity contribution >= 4 is 23.5 Å². The molecule has 0 aromatic heterocycles. The molecule has 3 saturated heterocycles. The first-order chi connectivity index (χ1) is 21.0. The van der Waals surface area contributed by atoms with Gasteiger partial charge in [-0.2, -0.15) is 11.8 Å². The zero-order valence-corrected chi connectivity index (χ0v) is 26.7. The van der Waals surface area contributed by atoms with E-state index in [4.69, 9.17) is 23.7 Å². The van der Waals surface area contributed by atoms with Gasteiger partial charge in [-0.05, 0) is 30.9 Å².